The molecule has 0 spiro atoms. The van der Waals surface area contributed by atoms with Crippen LogP contribution in [0, 0.1) is 6.92 Å². The highest BCUT2D eigenvalue weighted by Gasteiger charge is 2.26. The Hall–Kier alpha value is -2.83. The fourth-order valence-corrected chi connectivity index (χ4v) is 3.39. The van der Waals surface area contributed by atoms with E-state index < -0.39 is 0 Å². The van der Waals surface area contributed by atoms with Crippen LogP contribution in [0.1, 0.15) is 30.1 Å². The summed E-state index contributed by atoms with van der Waals surface area (Å²) in [5.41, 5.74) is 3.58. The third-order valence-electron chi connectivity index (χ3n) is 4.67. The Kier molecular flexibility index (Phi) is 4.13. The largest absolute Gasteiger partial charge is 0.340 e. The normalized spacial score (nSPS) is 17.8. The zero-order valence-corrected chi connectivity index (χ0v) is 14.2. The van der Waals surface area contributed by atoms with E-state index in [4.69, 9.17) is 0 Å². The average molecular weight is 336 g/mol. The minimum atomic E-state index is 0.0703. The minimum Gasteiger partial charge on any atom is -0.340 e. The smallest absolute Gasteiger partial charge is 0.244 e. The van der Waals surface area contributed by atoms with Crippen LogP contribution in [-0.2, 0) is 11.3 Å². The number of hydrogen-bond donors (Lipinski definition) is 0. The van der Waals surface area contributed by atoms with Crippen molar-refractivity contribution in [3.63, 3.8) is 0 Å². The molecule has 0 unspecified atom stereocenters. The molecule has 7 heteroatoms. The number of amides is 1. The summed E-state index contributed by atoms with van der Waals surface area (Å²) in [7, 11) is 0. The molecule has 0 aliphatic carbocycles. The number of rotatable bonds is 3. The molecule has 0 N–H and O–H groups in total. The summed E-state index contributed by atoms with van der Waals surface area (Å²) in [6.07, 6.45) is 5.58. The van der Waals surface area contributed by atoms with E-state index in [2.05, 4.69) is 20.3 Å². The van der Waals surface area contributed by atoms with Crippen molar-refractivity contribution in [2.24, 2.45) is 0 Å². The summed E-state index contributed by atoms with van der Waals surface area (Å²) >= 11 is 0. The number of benzene rings is 1. The van der Waals surface area contributed by atoms with Crippen molar-refractivity contribution in [1.82, 2.24) is 29.9 Å². The molecule has 0 radical (unpaired) electrons. The summed E-state index contributed by atoms with van der Waals surface area (Å²) in [4.78, 5) is 23.5. The molecule has 3 aromatic rings. The van der Waals surface area contributed by atoms with Gasteiger partial charge >= 0.3 is 0 Å². The number of likely N-dealkylation sites (tertiary alicyclic amines) is 1. The molecule has 1 aliphatic rings. The quantitative estimate of drug-likeness (QED) is 0.730. The summed E-state index contributed by atoms with van der Waals surface area (Å²) in [5, 5.41) is 8.23. The number of piperidine rings is 1. The molecule has 3 heterocycles. The van der Waals surface area contributed by atoms with Crippen molar-refractivity contribution in [2.45, 2.75) is 32.2 Å². The number of nitrogens with zero attached hydrogens (tertiary/aromatic N) is 6. The van der Waals surface area contributed by atoms with Crippen molar-refractivity contribution in [1.29, 1.82) is 0 Å². The van der Waals surface area contributed by atoms with E-state index >= 15 is 0 Å². The highest BCUT2D eigenvalue weighted by atomic mass is 16.2. The van der Waals surface area contributed by atoms with Crippen molar-refractivity contribution in [3.8, 4) is 0 Å². The van der Waals surface area contributed by atoms with Crippen LogP contribution in [0.2, 0.25) is 0 Å². The van der Waals surface area contributed by atoms with Crippen LogP contribution in [0.5, 0.6) is 0 Å². The Morgan fingerprint density at radius 2 is 2.16 bits per heavy atom. The van der Waals surface area contributed by atoms with Gasteiger partial charge in [-0.3, -0.25) is 14.8 Å². The Morgan fingerprint density at radius 3 is 3.04 bits per heavy atom. The van der Waals surface area contributed by atoms with E-state index in [0.717, 1.165) is 41.8 Å². The molecule has 128 valence electrons. The molecule has 1 aliphatic heterocycles. The van der Waals surface area contributed by atoms with E-state index in [1.807, 2.05) is 42.3 Å². The molecule has 7 nitrogen and oxygen atoms in total. The van der Waals surface area contributed by atoms with Gasteiger partial charge in [-0.2, -0.15) is 0 Å². The number of aromatic nitrogens is 5. The van der Waals surface area contributed by atoms with Gasteiger partial charge in [0.1, 0.15) is 12.1 Å². The number of para-hydroxylation sites is 1. The molecule has 4 rings (SSSR count). The first-order valence-corrected chi connectivity index (χ1v) is 8.55. The highest BCUT2D eigenvalue weighted by Crippen LogP contribution is 2.25. The zero-order valence-electron chi connectivity index (χ0n) is 14.2. The van der Waals surface area contributed by atoms with Crippen LogP contribution >= 0.6 is 0 Å². The number of hydrogen-bond acceptors (Lipinski definition) is 5. The fourth-order valence-electron chi connectivity index (χ4n) is 3.39. The third-order valence-corrected chi connectivity index (χ3v) is 4.67. The number of fused-ring (bicyclic) bond motifs is 1. The van der Waals surface area contributed by atoms with Gasteiger partial charge in [-0.1, -0.05) is 17.3 Å². The maximum Gasteiger partial charge on any atom is 0.244 e. The number of carbonyl (C=O) groups is 1. The molecule has 0 bridgehead atoms. The lowest BCUT2D eigenvalue weighted by molar-refractivity contribution is -0.133. The summed E-state index contributed by atoms with van der Waals surface area (Å²) in [6, 6.07) is 7.68. The van der Waals surface area contributed by atoms with E-state index in [9.17, 15) is 4.79 Å². The molecule has 1 aromatic carbocycles. The maximum absolute atomic E-state index is 12.8. The van der Waals surface area contributed by atoms with Gasteiger partial charge in [0.05, 0.1) is 16.9 Å². The first-order valence-electron chi connectivity index (χ1n) is 8.55. The van der Waals surface area contributed by atoms with Crippen LogP contribution < -0.4 is 0 Å². The second kappa shape index (κ2) is 6.58. The van der Waals surface area contributed by atoms with Gasteiger partial charge in [-0.15, -0.1) is 5.10 Å². The van der Waals surface area contributed by atoms with E-state index in [1.165, 1.54) is 0 Å². The third kappa shape index (κ3) is 3.22. The Morgan fingerprint density at radius 1 is 1.28 bits per heavy atom. The highest BCUT2D eigenvalue weighted by molar-refractivity contribution is 5.80. The number of aryl methyl sites for hydroxylation is 1. The Balaban J connectivity index is 1.48. The predicted molar refractivity (Wildman–Crippen MR) is 92.9 cm³/mol. The molecule has 2 aromatic heterocycles. The monoisotopic (exact) mass is 336 g/mol. The predicted octanol–water partition coefficient (Wildman–Crippen LogP) is 1.94. The molecular weight excluding hydrogens is 316 g/mol. The zero-order chi connectivity index (χ0) is 17.2. The SMILES string of the molecule is Cc1cncc([C@H]2CCCN(C(=O)Cn3nnc4ccccc43)C2)n1. The maximum atomic E-state index is 12.8. The minimum absolute atomic E-state index is 0.0703. The summed E-state index contributed by atoms with van der Waals surface area (Å²) in [5.74, 6) is 0.318. The van der Waals surface area contributed by atoms with Gasteiger partial charge in [-0.05, 0) is 31.9 Å². The molecular formula is C18H20N6O. The second-order valence-corrected chi connectivity index (χ2v) is 6.50. The molecule has 0 saturated carbocycles. The van der Waals surface area contributed by atoms with Gasteiger partial charge in [0, 0.05) is 31.4 Å². The molecule has 1 amide bonds. The Bertz CT molecular complexity index is 905. The van der Waals surface area contributed by atoms with Crippen molar-refractivity contribution < 1.29 is 4.79 Å². The van der Waals surface area contributed by atoms with E-state index in [0.29, 0.717) is 6.54 Å². The van der Waals surface area contributed by atoms with Crippen LogP contribution in [0.15, 0.2) is 36.7 Å². The van der Waals surface area contributed by atoms with Gasteiger partial charge in [0.2, 0.25) is 5.91 Å². The Labute approximate surface area is 145 Å². The van der Waals surface area contributed by atoms with Gasteiger partial charge in [-0.25, -0.2) is 4.68 Å². The van der Waals surface area contributed by atoms with Crippen molar-refractivity contribution in [2.75, 3.05) is 13.1 Å². The summed E-state index contributed by atoms with van der Waals surface area (Å²) in [6.45, 7) is 3.62. The van der Waals surface area contributed by atoms with Crippen LogP contribution in [0.3, 0.4) is 0 Å². The van der Waals surface area contributed by atoms with Crippen LogP contribution in [-0.4, -0.2) is 48.9 Å². The van der Waals surface area contributed by atoms with Gasteiger partial charge < -0.3 is 4.90 Å². The van der Waals surface area contributed by atoms with Crippen molar-refractivity contribution in [3.05, 3.63) is 48.0 Å². The van der Waals surface area contributed by atoms with E-state index in [-0.39, 0.29) is 18.4 Å². The van der Waals surface area contributed by atoms with Crippen LogP contribution in [0.4, 0.5) is 0 Å². The fraction of sp³-hybridized carbons (Fsp3) is 0.389. The van der Waals surface area contributed by atoms with Crippen molar-refractivity contribution >= 4 is 16.9 Å². The standard InChI is InChI=1S/C18H20N6O/c1-13-9-19-10-16(20-13)14-5-4-8-23(11-14)18(25)12-24-17-7-3-2-6-15(17)21-22-24/h2-3,6-7,9-10,14H,4-5,8,11-12H2,1H3/t14-/m0/s1. The lowest BCUT2D eigenvalue weighted by Crippen LogP contribution is -2.41. The van der Waals surface area contributed by atoms with Gasteiger partial charge in [0.15, 0.2) is 0 Å². The molecule has 1 saturated heterocycles. The van der Waals surface area contributed by atoms with Gasteiger partial charge in [0.25, 0.3) is 0 Å². The topological polar surface area (TPSA) is 76.8 Å². The summed E-state index contributed by atoms with van der Waals surface area (Å²) < 4.78 is 1.67. The lowest BCUT2D eigenvalue weighted by Gasteiger charge is -2.32. The van der Waals surface area contributed by atoms with Crippen LogP contribution in [0.25, 0.3) is 11.0 Å². The first kappa shape index (κ1) is 15.7. The molecule has 1 fully saturated rings. The number of carbonyl (C=O) groups excluding carboxylic acids is 1. The molecule has 1 atom stereocenters. The second-order valence-electron chi connectivity index (χ2n) is 6.50. The first-order chi connectivity index (χ1) is 12.2. The average Bonchev–Trinajstić information content (AvgIpc) is 3.05. The molecule has 25 heavy (non-hydrogen) atoms. The van der Waals surface area contributed by atoms with E-state index in [1.54, 1.807) is 10.9 Å². The lowest BCUT2D eigenvalue weighted by atomic mass is 9.95.